The molecule has 0 aromatic heterocycles. The number of nitrogens with zero attached hydrogens (tertiary/aromatic N) is 1. The van der Waals surface area contributed by atoms with Gasteiger partial charge in [-0.1, -0.05) is 45.0 Å². The van der Waals surface area contributed by atoms with Crippen LogP contribution in [0.3, 0.4) is 0 Å². The van der Waals surface area contributed by atoms with Crippen LogP contribution in [-0.2, 0) is 25.3 Å². The molecule has 3 aliphatic rings. The Morgan fingerprint density at radius 2 is 1.93 bits per heavy atom. The molecule has 0 saturated carbocycles. The minimum atomic E-state index is -1.90. The van der Waals surface area contributed by atoms with E-state index in [1.165, 1.54) is 10.5 Å². The fourth-order valence-corrected chi connectivity index (χ4v) is 8.12. The largest absolute Gasteiger partial charge is 0.409 e. The Kier molecular flexibility index (Phi) is 9.42. The first-order valence-electron chi connectivity index (χ1n) is 15.3. The summed E-state index contributed by atoms with van der Waals surface area (Å²) in [5.41, 5.74) is 4.48. The first-order valence-corrected chi connectivity index (χ1v) is 19.5. The molecule has 42 heavy (non-hydrogen) atoms. The lowest BCUT2D eigenvalue weighted by atomic mass is 9.89. The Morgan fingerprint density at radius 3 is 2.69 bits per heavy atom. The zero-order valence-corrected chi connectivity index (χ0v) is 27.8. The fourth-order valence-electron chi connectivity index (χ4n) is 6.12. The van der Waals surface area contributed by atoms with E-state index in [4.69, 9.17) is 9.16 Å². The molecule has 2 N–H and O–H groups in total. The highest BCUT2D eigenvalue weighted by molar-refractivity contribution is 7.98. The van der Waals surface area contributed by atoms with Crippen LogP contribution in [0.4, 0.5) is 5.69 Å². The molecule has 0 spiro atoms. The summed E-state index contributed by atoms with van der Waals surface area (Å²) in [6.45, 7) is 13.2. The molecule has 0 aliphatic carbocycles. The molecule has 228 valence electrons. The van der Waals surface area contributed by atoms with Crippen LogP contribution in [0.15, 0.2) is 47.4 Å². The van der Waals surface area contributed by atoms with Gasteiger partial charge in [0.05, 0.1) is 30.9 Å². The summed E-state index contributed by atoms with van der Waals surface area (Å²) in [7, 11) is -1.90. The second-order valence-electron chi connectivity index (χ2n) is 13.4. The van der Waals surface area contributed by atoms with Gasteiger partial charge in [-0.05, 0) is 66.6 Å². The van der Waals surface area contributed by atoms with Crippen LogP contribution < -0.4 is 10.6 Å². The zero-order valence-electron chi connectivity index (χ0n) is 26.0. The summed E-state index contributed by atoms with van der Waals surface area (Å²) in [6.07, 6.45) is 5.42. The average Bonchev–Trinajstić information content (AvgIpc) is 3.45. The monoisotopic (exact) mass is 609 g/mol. The molecule has 2 amide bonds. The molecule has 4 atom stereocenters. The van der Waals surface area contributed by atoms with Gasteiger partial charge in [-0.2, -0.15) is 0 Å². The number of hydrogen-bond acceptors (Lipinski definition) is 6. The van der Waals surface area contributed by atoms with Gasteiger partial charge in [0.15, 0.2) is 8.32 Å². The molecule has 2 aromatic rings. The Balaban J connectivity index is 1.13. The minimum absolute atomic E-state index is 0.0310. The highest BCUT2D eigenvalue weighted by Gasteiger charge is 2.44. The number of likely N-dealkylation sites (tertiary alicyclic amines) is 1. The van der Waals surface area contributed by atoms with Gasteiger partial charge in [0.1, 0.15) is 0 Å². The Labute approximate surface area is 256 Å². The van der Waals surface area contributed by atoms with E-state index >= 15 is 0 Å². The molecule has 0 unspecified atom stereocenters. The summed E-state index contributed by atoms with van der Waals surface area (Å²) in [4.78, 5) is 29.1. The number of carbonyl (C=O) groups is 2. The predicted molar refractivity (Wildman–Crippen MR) is 172 cm³/mol. The number of hydrogen-bond donors (Lipinski definition) is 2. The van der Waals surface area contributed by atoms with E-state index in [1.54, 1.807) is 11.8 Å². The Bertz CT molecular complexity index is 1300. The molecule has 7 nitrogen and oxygen atoms in total. The van der Waals surface area contributed by atoms with Crippen molar-refractivity contribution in [1.82, 2.24) is 10.2 Å². The number of anilines is 1. The summed E-state index contributed by atoms with van der Waals surface area (Å²) in [6, 6.07) is 15.0. The van der Waals surface area contributed by atoms with Gasteiger partial charge < -0.3 is 24.7 Å². The molecule has 2 saturated heterocycles. The summed E-state index contributed by atoms with van der Waals surface area (Å²) >= 11 is 1.72. The van der Waals surface area contributed by atoms with E-state index in [2.05, 4.69) is 81.1 Å². The van der Waals surface area contributed by atoms with Crippen LogP contribution in [0.25, 0.3) is 0 Å². The number of benzene rings is 2. The lowest BCUT2D eigenvalue weighted by Gasteiger charge is -2.47. The van der Waals surface area contributed by atoms with Crippen molar-refractivity contribution in [3.8, 4) is 0 Å². The Morgan fingerprint density at radius 1 is 1.14 bits per heavy atom. The van der Waals surface area contributed by atoms with Crippen LogP contribution >= 0.6 is 11.8 Å². The van der Waals surface area contributed by atoms with E-state index in [1.807, 2.05) is 17.0 Å². The Hall–Kier alpha value is -2.33. The van der Waals surface area contributed by atoms with Crippen molar-refractivity contribution in [3.05, 3.63) is 59.2 Å². The lowest BCUT2D eigenvalue weighted by Crippen LogP contribution is -2.54. The fraction of sp³-hybridized carbons (Fsp3) is 0.576. The number of thioether (sulfide) groups is 1. The normalized spacial score (nSPS) is 23.7. The number of amides is 2. The molecule has 2 aromatic carbocycles. The molecule has 0 radical (unpaired) electrons. The number of carbonyl (C=O) groups excluding carboxylic acids is 2. The average molecular weight is 610 g/mol. The maximum atomic E-state index is 13.1. The van der Waals surface area contributed by atoms with Crippen LogP contribution in [0.1, 0.15) is 81.7 Å². The predicted octanol–water partition coefficient (Wildman–Crippen LogP) is 6.81. The van der Waals surface area contributed by atoms with Crippen LogP contribution in [0.5, 0.6) is 0 Å². The number of ether oxygens (including phenoxy) is 1. The molecular formula is C33H47N3O4SSi. The first-order chi connectivity index (χ1) is 20.0. The van der Waals surface area contributed by atoms with Crippen molar-refractivity contribution in [1.29, 1.82) is 0 Å². The second kappa shape index (κ2) is 12.7. The van der Waals surface area contributed by atoms with E-state index in [9.17, 15) is 9.59 Å². The van der Waals surface area contributed by atoms with E-state index < -0.39 is 8.32 Å². The zero-order chi connectivity index (χ0) is 30.1. The van der Waals surface area contributed by atoms with Crippen LogP contribution in [0.2, 0.25) is 18.1 Å². The number of fused-ring (bicyclic) bond motifs is 4. The minimum Gasteiger partial charge on any atom is -0.409 e. The molecule has 3 heterocycles. The summed E-state index contributed by atoms with van der Waals surface area (Å²) in [5.74, 6) is -0.0395. The number of rotatable bonds is 9. The van der Waals surface area contributed by atoms with Gasteiger partial charge in [-0.3, -0.25) is 9.59 Å². The van der Waals surface area contributed by atoms with Crippen LogP contribution in [0, 0.1) is 0 Å². The molecule has 2 bridgehead atoms. The van der Waals surface area contributed by atoms with Gasteiger partial charge in [0.25, 0.3) is 0 Å². The van der Waals surface area contributed by atoms with Crippen molar-refractivity contribution in [2.24, 2.45) is 0 Å². The van der Waals surface area contributed by atoms with Crippen molar-refractivity contribution >= 4 is 37.6 Å². The number of nitrogens with one attached hydrogen (secondary N) is 2. The van der Waals surface area contributed by atoms with Crippen molar-refractivity contribution in [2.45, 2.75) is 107 Å². The topological polar surface area (TPSA) is 79.9 Å². The highest BCUT2D eigenvalue weighted by Crippen LogP contribution is 2.43. The van der Waals surface area contributed by atoms with Crippen molar-refractivity contribution in [3.63, 3.8) is 0 Å². The maximum absolute atomic E-state index is 13.1. The van der Waals surface area contributed by atoms with Gasteiger partial charge in [0, 0.05) is 48.5 Å². The van der Waals surface area contributed by atoms with Gasteiger partial charge in [0.2, 0.25) is 11.8 Å². The van der Waals surface area contributed by atoms with E-state index in [0.717, 1.165) is 42.6 Å². The maximum Gasteiger partial charge on any atom is 0.223 e. The molecule has 5 rings (SSSR count). The lowest BCUT2D eigenvalue weighted by molar-refractivity contribution is -0.134. The molecule has 2 fully saturated rings. The quantitative estimate of drug-likeness (QED) is 0.240. The molecule has 3 aliphatic heterocycles. The van der Waals surface area contributed by atoms with Crippen molar-refractivity contribution in [2.75, 3.05) is 24.7 Å². The van der Waals surface area contributed by atoms with Crippen LogP contribution in [-0.4, -0.2) is 56.6 Å². The SMILES string of the molecule is CSc1ccccc1[C@H]1CCCN1C(=O)CCC(=O)NCc1ccc2c(c1)[C@@H]1C[C@H](N2)[C@H](O[Si](C)(C)C(C)(C)C)CO1. The van der Waals surface area contributed by atoms with Crippen molar-refractivity contribution < 1.29 is 18.8 Å². The smallest absolute Gasteiger partial charge is 0.223 e. The molecular weight excluding hydrogens is 563 g/mol. The standard InChI is InChI=1S/C33H47N3O4SSi/c1-33(2,3)42(5,6)40-29-21-39-28-19-26(29)35-25-14-13-22(18-24(25)28)20-34-31(37)15-16-32(38)36-17-9-11-27(36)23-10-7-8-12-30(23)41-4/h7-8,10,12-14,18,26-29,35H,9,11,15-17,19-21H2,1-6H3,(H,34,37)/t26-,27+,28-,29+/m0/s1. The van der Waals surface area contributed by atoms with E-state index in [0.29, 0.717) is 13.2 Å². The third-order valence-electron chi connectivity index (χ3n) is 9.56. The third kappa shape index (κ3) is 6.74. The van der Waals surface area contributed by atoms with E-state index in [-0.39, 0.29) is 54.0 Å². The second-order valence-corrected chi connectivity index (χ2v) is 19.0. The highest BCUT2D eigenvalue weighted by atomic mass is 32.2. The molecule has 9 heteroatoms. The summed E-state index contributed by atoms with van der Waals surface area (Å²) < 4.78 is 13.0. The van der Waals surface area contributed by atoms with Gasteiger partial charge in [-0.15, -0.1) is 11.8 Å². The van der Waals surface area contributed by atoms with Gasteiger partial charge in [-0.25, -0.2) is 0 Å². The van der Waals surface area contributed by atoms with Gasteiger partial charge >= 0.3 is 0 Å². The first kappa shape index (κ1) is 31.1. The summed E-state index contributed by atoms with van der Waals surface area (Å²) in [5, 5.41) is 6.89. The third-order valence-corrected chi connectivity index (χ3v) is 14.9.